The Kier molecular flexibility index (Phi) is 4.80. The van der Waals surface area contributed by atoms with Crippen molar-refractivity contribution >= 4 is 28.8 Å². The lowest BCUT2D eigenvalue weighted by Gasteiger charge is -2.30. The van der Waals surface area contributed by atoms with E-state index in [9.17, 15) is 9.18 Å². The second-order valence-electron chi connectivity index (χ2n) is 7.71. The SMILES string of the molecule is O=C1C[C@@H](c2ccccc2Cl)CC2=C1[C@@H](c1ccccc1F)Nc1ccccc1N2. The van der Waals surface area contributed by atoms with Crippen LogP contribution in [0.15, 0.2) is 84.1 Å². The Morgan fingerprint density at radius 1 is 0.833 bits per heavy atom. The van der Waals surface area contributed by atoms with Crippen LogP contribution in [0.25, 0.3) is 0 Å². The Labute approximate surface area is 179 Å². The van der Waals surface area contributed by atoms with E-state index in [2.05, 4.69) is 10.6 Å². The van der Waals surface area contributed by atoms with Crippen molar-refractivity contribution in [3.8, 4) is 0 Å². The fourth-order valence-electron chi connectivity index (χ4n) is 4.46. The highest BCUT2D eigenvalue weighted by Gasteiger charge is 2.37. The summed E-state index contributed by atoms with van der Waals surface area (Å²) in [6.07, 6.45) is 0.971. The molecule has 0 spiro atoms. The van der Waals surface area contributed by atoms with Crippen molar-refractivity contribution in [3.63, 3.8) is 0 Å². The van der Waals surface area contributed by atoms with E-state index in [0.717, 1.165) is 22.6 Å². The molecule has 0 aromatic heterocycles. The average Bonchev–Trinajstić information content (AvgIpc) is 2.91. The zero-order chi connectivity index (χ0) is 20.7. The molecule has 3 aromatic rings. The van der Waals surface area contributed by atoms with Crippen molar-refractivity contribution in [2.75, 3.05) is 10.6 Å². The van der Waals surface area contributed by atoms with Crippen LogP contribution in [-0.2, 0) is 4.79 Å². The maximum absolute atomic E-state index is 14.8. The van der Waals surface area contributed by atoms with E-state index in [4.69, 9.17) is 11.6 Å². The summed E-state index contributed by atoms with van der Waals surface area (Å²) >= 11 is 6.43. The molecule has 0 radical (unpaired) electrons. The molecule has 1 aliphatic carbocycles. The molecule has 2 atom stereocenters. The highest BCUT2D eigenvalue weighted by atomic mass is 35.5. The smallest absolute Gasteiger partial charge is 0.163 e. The Morgan fingerprint density at radius 3 is 2.27 bits per heavy atom. The van der Waals surface area contributed by atoms with Crippen LogP contribution < -0.4 is 10.6 Å². The Balaban J connectivity index is 1.64. The van der Waals surface area contributed by atoms with E-state index in [0.29, 0.717) is 29.0 Å². The van der Waals surface area contributed by atoms with Gasteiger partial charge in [-0.1, -0.05) is 60.1 Å². The molecule has 3 aromatic carbocycles. The van der Waals surface area contributed by atoms with Gasteiger partial charge in [0.25, 0.3) is 0 Å². The van der Waals surface area contributed by atoms with Crippen LogP contribution in [0.1, 0.15) is 35.9 Å². The van der Waals surface area contributed by atoms with Crippen LogP contribution in [0.3, 0.4) is 0 Å². The van der Waals surface area contributed by atoms with Gasteiger partial charge in [-0.15, -0.1) is 0 Å². The predicted molar refractivity (Wildman–Crippen MR) is 118 cm³/mol. The van der Waals surface area contributed by atoms with Gasteiger partial charge in [0.15, 0.2) is 5.78 Å². The third-order valence-corrected chi connectivity index (χ3v) is 6.21. The first-order chi connectivity index (χ1) is 14.6. The molecule has 30 heavy (non-hydrogen) atoms. The molecule has 2 aliphatic rings. The third-order valence-electron chi connectivity index (χ3n) is 5.87. The van der Waals surface area contributed by atoms with Gasteiger partial charge in [-0.3, -0.25) is 4.79 Å². The topological polar surface area (TPSA) is 41.1 Å². The number of benzene rings is 3. The van der Waals surface area contributed by atoms with E-state index in [-0.39, 0.29) is 17.5 Å². The fraction of sp³-hybridized carbons (Fsp3) is 0.160. The Morgan fingerprint density at radius 2 is 1.50 bits per heavy atom. The van der Waals surface area contributed by atoms with Gasteiger partial charge in [0, 0.05) is 28.3 Å². The van der Waals surface area contributed by atoms with Crippen LogP contribution in [0.4, 0.5) is 15.8 Å². The molecule has 0 unspecified atom stereocenters. The number of para-hydroxylation sites is 2. The van der Waals surface area contributed by atoms with Crippen molar-refractivity contribution in [2.45, 2.75) is 24.8 Å². The number of carbonyl (C=O) groups is 1. The normalized spacial score (nSPS) is 20.5. The molecule has 3 nitrogen and oxygen atoms in total. The Hall–Kier alpha value is -3.11. The maximum Gasteiger partial charge on any atom is 0.163 e. The number of fused-ring (bicyclic) bond motifs is 1. The number of carbonyl (C=O) groups excluding carboxylic acids is 1. The Bertz CT molecular complexity index is 1170. The van der Waals surface area contributed by atoms with Gasteiger partial charge in [-0.25, -0.2) is 4.39 Å². The monoisotopic (exact) mass is 418 g/mol. The second-order valence-corrected chi connectivity index (χ2v) is 8.12. The first-order valence-corrected chi connectivity index (χ1v) is 10.4. The molecular weight excluding hydrogens is 399 g/mol. The summed E-state index contributed by atoms with van der Waals surface area (Å²) in [6.45, 7) is 0. The molecule has 2 N–H and O–H groups in total. The van der Waals surface area contributed by atoms with Gasteiger partial charge < -0.3 is 10.6 Å². The summed E-state index contributed by atoms with van der Waals surface area (Å²) < 4.78 is 14.8. The van der Waals surface area contributed by atoms with Gasteiger partial charge in [0.05, 0.1) is 17.4 Å². The molecule has 0 amide bonds. The minimum absolute atomic E-state index is 0.00206. The summed E-state index contributed by atoms with van der Waals surface area (Å²) in [5, 5.41) is 7.53. The highest BCUT2D eigenvalue weighted by molar-refractivity contribution is 6.31. The van der Waals surface area contributed by atoms with Gasteiger partial charge in [0.2, 0.25) is 0 Å². The summed E-state index contributed by atoms with van der Waals surface area (Å²) in [4.78, 5) is 13.4. The number of halogens is 2. The minimum atomic E-state index is -0.558. The highest BCUT2D eigenvalue weighted by Crippen LogP contribution is 2.45. The van der Waals surface area contributed by atoms with Gasteiger partial charge in [-0.05, 0) is 42.2 Å². The zero-order valence-electron chi connectivity index (χ0n) is 16.2. The molecule has 0 bridgehead atoms. The second kappa shape index (κ2) is 7.62. The quantitative estimate of drug-likeness (QED) is 0.501. The van der Waals surface area contributed by atoms with E-state index >= 15 is 0 Å². The maximum atomic E-state index is 14.8. The molecule has 0 saturated heterocycles. The number of hydrogen-bond acceptors (Lipinski definition) is 3. The van der Waals surface area contributed by atoms with Crippen molar-refractivity contribution in [1.29, 1.82) is 0 Å². The minimum Gasteiger partial charge on any atom is -0.372 e. The van der Waals surface area contributed by atoms with Crippen LogP contribution in [0, 0.1) is 5.82 Å². The van der Waals surface area contributed by atoms with Gasteiger partial charge in [-0.2, -0.15) is 0 Å². The van der Waals surface area contributed by atoms with Gasteiger partial charge >= 0.3 is 0 Å². The predicted octanol–water partition coefficient (Wildman–Crippen LogP) is 6.46. The first-order valence-electron chi connectivity index (χ1n) is 9.99. The van der Waals surface area contributed by atoms with Crippen LogP contribution in [0.5, 0.6) is 0 Å². The van der Waals surface area contributed by atoms with Crippen molar-refractivity contribution in [1.82, 2.24) is 0 Å². The number of rotatable bonds is 2. The number of hydrogen-bond donors (Lipinski definition) is 2. The van der Waals surface area contributed by atoms with Crippen molar-refractivity contribution in [3.05, 3.63) is 106 Å². The molecule has 5 heteroatoms. The van der Waals surface area contributed by atoms with Crippen LogP contribution in [0.2, 0.25) is 5.02 Å². The number of ketones is 1. The molecule has 1 heterocycles. The van der Waals surface area contributed by atoms with Crippen LogP contribution in [-0.4, -0.2) is 5.78 Å². The summed E-state index contributed by atoms with van der Waals surface area (Å²) in [5.41, 5.74) is 4.56. The van der Waals surface area contributed by atoms with Crippen LogP contribution >= 0.6 is 11.6 Å². The molecule has 5 rings (SSSR count). The van der Waals surface area contributed by atoms with E-state index < -0.39 is 6.04 Å². The van der Waals surface area contributed by atoms with E-state index in [1.54, 1.807) is 18.2 Å². The van der Waals surface area contributed by atoms with E-state index in [1.807, 2.05) is 48.5 Å². The molecule has 0 saturated carbocycles. The number of anilines is 2. The first kappa shape index (κ1) is 18.9. The lowest BCUT2D eigenvalue weighted by Crippen LogP contribution is -2.27. The molecular formula is C25H20ClFN2O. The molecule has 0 fully saturated rings. The number of allylic oxidation sites excluding steroid dienone is 1. The zero-order valence-corrected chi connectivity index (χ0v) is 16.9. The number of nitrogens with one attached hydrogen (secondary N) is 2. The van der Waals surface area contributed by atoms with Crippen molar-refractivity contribution in [2.24, 2.45) is 0 Å². The molecule has 150 valence electrons. The summed E-state index contributed by atoms with van der Waals surface area (Å²) in [5.74, 6) is -0.353. The summed E-state index contributed by atoms with van der Waals surface area (Å²) in [7, 11) is 0. The lowest BCUT2D eigenvalue weighted by molar-refractivity contribution is -0.116. The lowest BCUT2D eigenvalue weighted by atomic mass is 9.78. The average molecular weight is 419 g/mol. The fourth-order valence-corrected chi connectivity index (χ4v) is 4.75. The number of Topliss-reactive ketones (excluding diaryl/α,β-unsaturated/α-hetero) is 1. The standard InChI is InChI=1S/C25H20ClFN2O/c26-18-9-3-1-7-16(18)15-13-22-24(23(30)14-15)25(17-8-2-4-10-19(17)27)29-21-12-6-5-11-20(21)28-22/h1-12,15,25,28-29H,13-14H2/t15-,25+/m0/s1. The molecule has 1 aliphatic heterocycles. The van der Waals surface area contributed by atoms with Crippen molar-refractivity contribution < 1.29 is 9.18 Å². The van der Waals surface area contributed by atoms with E-state index in [1.165, 1.54) is 6.07 Å². The summed E-state index contributed by atoms with van der Waals surface area (Å²) in [6, 6.07) is 21.5. The third kappa shape index (κ3) is 3.27. The largest absolute Gasteiger partial charge is 0.372 e. The van der Waals surface area contributed by atoms with Gasteiger partial charge in [0.1, 0.15) is 5.82 Å².